The summed E-state index contributed by atoms with van der Waals surface area (Å²) in [4.78, 5) is 35.7. The number of nitrogens with one attached hydrogen (secondary N) is 1. The van der Waals surface area contributed by atoms with E-state index < -0.39 is 57.5 Å². The zero-order valence-electron chi connectivity index (χ0n) is 19.5. The third kappa shape index (κ3) is 7.79. The molecule has 1 aromatic rings. The average molecular weight is 488 g/mol. The molecule has 10 nitrogen and oxygen atoms in total. The van der Waals surface area contributed by atoms with Crippen molar-refractivity contribution in [3.8, 4) is 0 Å². The number of aliphatic hydroxyl groups is 1. The van der Waals surface area contributed by atoms with E-state index in [-0.39, 0.29) is 24.4 Å². The van der Waals surface area contributed by atoms with Crippen LogP contribution in [-0.2, 0) is 28.6 Å². The Balaban J connectivity index is 3.07. The van der Waals surface area contributed by atoms with E-state index in [0.717, 1.165) is 0 Å². The van der Waals surface area contributed by atoms with Gasteiger partial charge in [-0.25, -0.2) is 9.59 Å². The van der Waals surface area contributed by atoms with Gasteiger partial charge in [0, 0.05) is 18.9 Å². The molecule has 1 aromatic carbocycles. The number of aliphatic carboxylic acids is 1. The molecule has 1 unspecified atom stereocenters. The van der Waals surface area contributed by atoms with Crippen molar-refractivity contribution in [1.29, 1.82) is 0 Å². The van der Waals surface area contributed by atoms with Crippen molar-refractivity contribution >= 4 is 28.0 Å². The van der Waals surface area contributed by atoms with Crippen LogP contribution in [0.15, 0.2) is 30.3 Å². The Morgan fingerprint density at radius 1 is 1.12 bits per heavy atom. The second-order valence-electron chi connectivity index (χ2n) is 8.75. The molecule has 11 heteroatoms. The van der Waals surface area contributed by atoms with Crippen LogP contribution in [0.2, 0.25) is 0 Å². The number of benzene rings is 1. The molecule has 33 heavy (non-hydrogen) atoms. The van der Waals surface area contributed by atoms with Crippen molar-refractivity contribution in [1.82, 2.24) is 5.32 Å². The van der Waals surface area contributed by atoms with E-state index >= 15 is 0 Å². The summed E-state index contributed by atoms with van der Waals surface area (Å²) in [5.41, 5.74) is -4.18. The number of carboxylic acids is 1. The van der Waals surface area contributed by atoms with Crippen molar-refractivity contribution in [3.63, 3.8) is 0 Å². The van der Waals surface area contributed by atoms with Gasteiger partial charge in [0.1, 0.15) is 6.10 Å². The third-order valence-corrected chi connectivity index (χ3v) is 6.43. The smallest absolute Gasteiger partial charge is 0.340 e. The molecule has 0 aliphatic carbocycles. The predicted octanol–water partition coefficient (Wildman–Crippen LogP) is 1.58. The number of esters is 1. The molecule has 186 valence electrons. The van der Waals surface area contributed by atoms with Crippen LogP contribution in [0.25, 0.3) is 0 Å². The van der Waals surface area contributed by atoms with Gasteiger partial charge in [-0.05, 0) is 24.5 Å². The fraction of sp³-hybridized carbons (Fsp3) is 0.591. The molecule has 0 heterocycles. The van der Waals surface area contributed by atoms with Gasteiger partial charge in [-0.3, -0.25) is 8.98 Å². The first-order valence-electron chi connectivity index (χ1n) is 10.5. The van der Waals surface area contributed by atoms with Gasteiger partial charge < -0.3 is 20.3 Å². The van der Waals surface area contributed by atoms with Crippen molar-refractivity contribution in [2.45, 2.75) is 52.7 Å². The molecule has 0 spiro atoms. The maximum Gasteiger partial charge on any atom is 0.340 e. The maximum atomic E-state index is 12.6. The average Bonchev–Trinajstić information content (AvgIpc) is 2.73. The molecule has 0 bridgehead atoms. The van der Waals surface area contributed by atoms with Crippen LogP contribution in [-0.4, -0.2) is 67.1 Å². The molecule has 0 radical (unpaired) electrons. The van der Waals surface area contributed by atoms with E-state index in [9.17, 15) is 33.0 Å². The summed E-state index contributed by atoms with van der Waals surface area (Å²) < 4.78 is 34.9. The van der Waals surface area contributed by atoms with Gasteiger partial charge in [0.15, 0.2) is 0 Å². The third-order valence-electron chi connectivity index (χ3n) is 5.16. The van der Waals surface area contributed by atoms with Crippen molar-refractivity contribution in [3.05, 3.63) is 35.9 Å². The number of carbonyl (C=O) groups is 3. The van der Waals surface area contributed by atoms with Crippen LogP contribution in [0.1, 0.15) is 51.4 Å². The first-order chi connectivity index (χ1) is 15.1. The largest absolute Gasteiger partial charge is 0.479 e. The van der Waals surface area contributed by atoms with E-state index in [0.29, 0.717) is 0 Å². The Morgan fingerprint density at radius 2 is 1.70 bits per heavy atom. The molecule has 0 saturated heterocycles. The number of ether oxygens (including phenoxy) is 1. The van der Waals surface area contributed by atoms with Crippen LogP contribution in [0.5, 0.6) is 0 Å². The minimum Gasteiger partial charge on any atom is -0.479 e. The second-order valence-corrected chi connectivity index (χ2v) is 10.5. The SMILES string of the molecule is CC(=O)NCCCS(=O)(=O)OCC(C)(C)[C@](O)(C(=O)O)C(OC(=O)c1ccccc1)C(C)C. The number of hydrogen-bond donors (Lipinski definition) is 3. The monoisotopic (exact) mass is 487 g/mol. The predicted molar refractivity (Wildman–Crippen MR) is 120 cm³/mol. The molecule has 2 atom stereocenters. The number of amides is 1. The van der Waals surface area contributed by atoms with Crippen LogP contribution in [0.4, 0.5) is 0 Å². The fourth-order valence-corrected chi connectivity index (χ4v) is 4.27. The molecule has 0 fully saturated rings. The lowest BCUT2D eigenvalue weighted by Gasteiger charge is -2.44. The number of carbonyl (C=O) groups excluding carboxylic acids is 2. The van der Waals surface area contributed by atoms with Gasteiger partial charge in [-0.1, -0.05) is 45.9 Å². The standard InChI is InChI=1S/C22H33NO9S/c1-15(2)18(32-19(25)17-10-7-6-8-11-17)22(28,20(26)27)21(4,5)14-31-33(29,30)13-9-12-23-16(3)24/h6-8,10-11,15,18,28H,9,12-14H2,1-5H3,(H,23,24)(H,26,27)/t18?,22-/m1/s1. The lowest BCUT2D eigenvalue weighted by Crippen LogP contribution is -2.63. The lowest BCUT2D eigenvalue weighted by molar-refractivity contribution is -0.204. The molecule has 0 aliphatic heterocycles. The molecule has 0 aromatic heterocycles. The van der Waals surface area contributed by atoms with Crippen LogP contribution >= 0.6 is 0 Å². The summed E-state index contributed by atoms with van der Waals surface area (Å²) in [5.74, 6) is -3.85. The quantitative estimate of drug-likeness (QED) is 0.213. The lowest BCUT2D eigenvalue weighted by atomic mass is 9.69. The Bertz CT molecular complexity index is 928. The molecule has 3 N–H and O–H groups in total. The molecule has 1 rings (SSSR count). The van der Waals surface area contributed by atoms with E-state index in [4.69, 9.17) is 8.92 Å². The topological polar surface area (TPSA) is 156 Å². The zero-order valence-corrected chi connectivity index (χ0v) is 20.3. The van der Waals surface area contributed by atoms with E-state index in [1.54, 1.807) is 32.0 Å². The van der Waals surface area contributed by atoms with Crippen molar-refractivity contribution < 1.29 is 41.9 Å². The molecule has 1 amide bonds. The molecular weight excluding hydrogens is 454 g/mol. The van der Waals surface area contributed by atoms with Gasteiger partial charge in [-0.2, -0.15) is 8.42 Å². The van der Waals surface area contributed by atoms with Crippen molar-refractivity contribution in [2.75, 3.05) is 18.9 Å². The Labute approximate surface area is 194 Å². The minimum atomic E-state index is -4.07. The van der Waals surface area contributed by atoms with Gasteiger partial charge in [-0.15, -0.1) is 0 Å². The van der Waals surface area contributed by atoms with Gasteiger partial charge in [0.25, 0.3) is 10.1 Å². The van der Waals surface area contributed by atoms with Gasteiger partial charge in [0.05, 0.1) is 17.9 Å². The minimum absolute atomic E-state index is 0.0921. The summed E-state index contributed by atoms with van der Waals surface area (Å²) in [6.07, 6.45) is -1.42. The molecule has 0 saturated carbocycles. The Hall–Kier alpha value is -2.50. The van der Waals surface area contributed by atoms with Gasteiger partial charge in [0.2, 0.25) is 11.5 Å². The number of rotatable bonds is 13. The fourth-order valence-electron chi connectivity index (χ4n) is 3.18. The highest BCUT2D eigenvalue weighted by molar-refractivity contribution is 7.86. The van der Waals surface area contributed by atoms with E-state index in [1.165, 1.54) is 32.9 Å². The first kappa shape index (κ1) is 28.5. The second kappa shape index (κ2) is 11.6. The maximum absolute atomic E-state index is 12.6. The highest BCUT2D eigenvalue weighted by Crippen LogP contribution is 2.39. The number of hydrogen-bond acceptors (Lipinski definition) is 8. The summed E-state index contributed by atoms with van der Waals surface area (Å²) in [5, 5.41) is 23.7. The normalized spacial score (nSPS) is 14.9. The summed E-state index contributed by atoms with van der Waals surface area (Å²) >= 11 is 0. The summed E-state index contributed by atoms with van der Waals surface area (Å²) in [6.45, 7) is 6.55. The van der Waals surface area contributed by atoms with E-state index in [2.05, 4.69) is 5.32 Å². The molecule has 0 aliphatic rings. The Morgan fingerprint density at radius 3 is 2.18 bits per heavy atom. The highest BCUT2D eigenvalue weighted by atomic mass is 32.2. The summed E-state index contributed by atoms with van der Waals surface area (Å²) in [7, 11) is -4.07. The highest BCUT2D eigenvalue weighted by Gasteiger charge is 2.59. The van der Waals surface area contributed by atoms with E-state index in [1.807, 2.05) is 0 Å². The molecular formula is C22H33NO9S. The Kier molecular flexibility index (Phi) is 10.0. The van der Waals surface area contributed by atoms with Gasteiger partial charge >= 0.3 is 11.9 Å². The van der Waals surface area contributed by atoms with Crippen LogP contribution in [0, 0.1) is 11.3 Å². The first-order valence-corrected chi connectivity index (χ1v) is 12.0. The zero-order chi connectivity index (χ0) is 25.4. The van der Waals surface area contributed by atoms with Crippen molar-refractivity contribution in [2.24, 2.45) is 11.3 Å². The van der Waals surface area contributed by atoms with Crippen LogP contribution < -0.4 is 5.32 Å². The van der Waals surface area contributed by atoms with Crippen LogP contribution in [0.3, 0.4) is 0 Å². The summed E-state index contributed by atoms with van der Waals surface area (Å²) in [6, 6.07) is 7.89. The number of carboxylic acid groups (broad SMARTS) is 1.